The monoisotopic (exact) mass is 628 g/mol. The van der Waals surface area contributed by atoms with Crippen molar-refractivity contribution in [2.24, 2.45) is 11.8 Å². The van der Waals surface area contributed by atoms with Gasteiger partial charge in [-0.25, -0.2) is 0 Å². The van der Waals surface area contributed by atoms with Gasteiger partial charge in [0.1, 0.15) is 24.6 Å². The van der Waals surface area contributed by atoms with Gasteiger partial charge in [0.25, 0.3) is 0 Å². The van der Waals surface area contributed by atoms with Crippen molar-refractivity contribution in [3.63, 3.8) is 0 Å². The van der Waals surface area contributed by atoms with Gasteiger partial charge in [-0.15, -0.1) is 0 Å². The zero-order valence-corrected chi connectivity index (χ0v) is 25.9. The molecule has 0 N–H and O–H groups in total. The fourth-order valence-corrected chi connectivity index (χ4v) is 6.44. The Hall–Kier alpha value is -3.63. The number of halogens is 1. The molecule has 2 saturated carbocycles. The summed E-state index contributed by atoms with van der Waals surface area (Å²) in [4.78, 5) is 48.1. The molecular formula is C33H37ClO10. The third-order valence-electron chi connectivity index (χ3n) is 8.21. The molecule has 0 bridgehead atoms. The standard InChI is InChI=1S/C33H37ClO10/c1-17(35)39-16-29-31(40-18(2)36)33(42-20(4)38)32(41-19(3)37)30(44-29)22-7-10-28(34)25(12-22)11-21-5-8-26(9-6-21)43-27-14-23-13-24(23)15-27/h5-10,12,23-24,27,29-33H,11,13-16H2,1-4H3/t23-,24?,27?,29-,30-,31-,32+,33+/m1/s1. The average Bonchev–Trinajstić information content (AvgIpc) is 3.56. The van der Waals surface area contributed by atoms with Crippen molar-refractivity contribution in [3.05, 3.63) is 64.2 Å². The first-order valence-corrected chi connectivity index (χ1v) is 15.2. The second-order valence-corrected chi connectivity index (χ2v) is 12.2. The summed E-state index contributed by atoms with van der Waals surface area (Å²) in [7, 11) is 0. The predicted octanol–water partition coefficient (Wildman–Crippen LogP) is 4.91. The molecule has 3 aliphatic rings. The smallest absolute Gasteiger partial charge is 0.303 e. The summed E-state index contributed by atoms with van der Waals surface area (Å²) in [6.07, 6.45) is -1.31. The highest BCUT2D eigenvalue weighted by Crippen LogP contribution is 2.52. The first-order valence-electron chi connectivity index (χ1n) is 14.8. The zero-order chi connectivity index (χ0) is 31.5. The number of benzene rings is 2. The maximum Gasteiger partial charge on any atom is 0.303 e. The Morgan fingerprint density at radius 2 is 1.39 bits per heavy atom. The van der Waals surface area contributed by atoms with E-state index in [0.717, 1.165) is 41.6 Å². The highest BCUT2D eigenvalue weighted by molar-refractivity contribution is 6.31. The van der Waals surface area contributed by atoms with Crippen LogP contribution in [0, 0.1) is 11.8 Å². The lowest BCUT2D eigenvalue weighted by Gasteiger charge is -2.44. The minimum atomic E-state index is -1.25. The van der Waals surface area contributed by atoms with Gasteiger partial charge < -0.3 is 28.4 Å². The van der Waals surface area contributed by atoms with Crippen molar-refractivity contribution in [3.8, 4) is 5.75 Å². The van der Waals surface area contributed by atoms with Crippen LogP contribution in [0.2, 0.25) is 5.02 Å². The Labute approximate surface area is 261 Å². The summed E-state index contributed by atoms with van der Waals surface area (Å²) in [5.41, 5.74) is 2.36. The molecule has 1 aliphatic heterocycles. The van der Waals surface area contributed by atoms with E-state index in [4.69, 9.17) is 40.0 Å². The second-order valence-electron chi connectivity index (χ2n) is 11.8. The number of esters is 4. The first kappa shape index (κ1) is 31.8. The number of hydrogen-bond donors (Lipinski definition) is 0. The molecule has 11 heteroatoms. The van der Waals surface area contributed by atoms with E-state index in [1.807, 2.05) is 30.3 Å². The van der Waals surface area contributed by atoms with Crippen molar-refractivity contribution in [2.75, 3.05) is 6.61 Å². The van der Waals surface area contributed by atoms with Crippen LogP contribution in [-0.4, -0.2) is 61.0 Å². The topological polar surface area (TPSA) is 124 Å². The lowest BCUT2D eigenvalue weighted by Crippen LogP contribution is -2.59. The minimum absolute atomic E-state index is 0.289. The molecule has 2 aromatic carbocycles. The number of rotatable bonds is 10. The predicted molar refractivity (Wildman–Crippen MR) is 157 cm³/mol. The third kappa shape index (κ3) is 7.90. The Morgan fingerprint density at radius 3 is 2.00 bits per heavy atom. The minimum Gasteiger partial charge on any atom is -0.490 e. The SMILES string of the molecule is CC(=O)OC[C@H]1O[C@H](c2ccc(Cl)c(Cc3ccc(OC4CC5C[C@@H]5C4)cc3)c2)[C@H](OC(C)=O)[C@@H](OC(C)=O)[C@@H]1OC(C)=O. The molecule has 2 aliphatic carbocycles. The lowest BCUT2D eigenvalue weighted by molar-refractivity contribution is -0.254. The van der Waals surface area contributed by atoms with E-state index in [2.05, 4.69) is 0 Å². The fourth-order valence-electron chi connectivity index (χ4n) is 6.26. The van der Waals surface area contributed by atoms with Gasteiger partial charge in [0, 0.05) is 32.7 Å². The summed E-state index contributed by atoms with van der Waals surface area (Å²) in [5.74, 6) is -0.0850. The summed E-state index contributed by atoms with van der Waals surface area (Å²) in [6, 6.07) is 13.2. The van der Waals surface area contributed by atoms with E-state index < -0.39 is 54.4 Å². The summed E-state index contributed by atoms with van der Waals surface area (Å²) in [6.45, 7) is 4.51. The van der Waals surface area contributed by atoms with Gasteiger partial charge >= 0.3 is 23.9 Å². The fraction of sp³-hybridized carbons (Fsp3) is 0.515. The van der Waals surface area contributed by atoms with Crippen LogP contribution < -0.4 is 4.74 Å². The number of carbonyl (C=O) groups excluding carboxylic acids is 4. The van der Waals surface area contributed by atoms with Crippen LogP contribution in [0.4, 0.5) is 0 Å². The molecule has 10 nitrogen and oxygen atoms in total. The summed E-state index contributed by atoms with van der Waals surface area (Å²) < 4.78 is 34.4. The normalized spacial score (nSPS) is 28.8. The van der Waals surface area contributed by atoms with Crippen molar-refractivity contribution in [1.82, 2.24) is 0 Å². The number of fused-ring (bicyclic) bond motifs is 1. The highest BCUT2D eigenvalue weighted by Gasteiger charge is 2.52. The Balaban J connectivity index is 1.41. The van der Waals surface area contributed by atoms with E-state index in [-0.39, 0.29) is 12.7 Å². The van der Waals surface area contributed by atoms with E-state index in [0.29, 0.717) is 17.0 Å². The van der Waals surface area contributed by atoms with Crippen molar-refractivity contribution < 1.29 is 47.6 Å². The molecular weight excluding hydrogens is 592 g/mol. The molecule has 1 saturated heterocycles. The van der Waals surface area contributed by atoms with Gasteiger partial charge in [0.2, 0.25) is 0 Å². The molecule has 2 aromatic rings. The van der Waals surface area contributed by atoms with Crippen LogP contribution in [-0.2, 0) is 49.3 Å². The molecule has 8 atom stereocenters. The molecule has 0 amide bonds. The molecule has 0 spiro atoms. The average molecular weight is 629 g/mol. The summed E-state index contributed by atoms with van der Waals surface area (Å²) >= 11 is 6.62. The van der Waals surface area contributed by atoms with Crippen LogP contribution in [0.1, 0.15) is 69.8 Å². The number of carbonyl (C=O) groups is 4. The molecule has 236 valence electrons. The molecule has 2 unspecified atom stereocenters. The molecule has 1 heterocycles. The Bertz CT molecular complexity index is 1380. The largest absolute Gasteiger partial charge is 0.490 e. The van der Waals surface area contributed by atoms with Crippen LogP contribution in [0.15, 0.2) is 42.5 Å². The van der Waals surface area contributed by atoms with Crippen molar-refractivity contribution in [2.45, 2.75) is 90.0 Å². The molecule has 44 heavy (non-hydrogen) atoms. The van der Waals surface area contributed by atoms with Gasteiger partial charge in [-0.2, -0.15) is 0 Å². The summed E-state index contributed by atoms with van der Waals surface area (Å²) in [5, 5.41) is 0.518. The van der Waals surface area contributed by atoms with Crippen LogP contribution >= 0.6 is 11.6 Å². The van der Waals surface area contributed by atoms with Crippen molar-refractivity contribution in [1.29, 1.82) is 0 Å². The zero-order valence-electron chi connectivity index (χ0n) is 25.2. The van der Waals surface area contributed by atoms with Crippen LogP contribution in [0.3, 0.4) is 0 Å². The molecule has 0 aromatic heterocycles. The van der Waals surface area contributed by atoms with Gasteiger partial charge in [0.15, 0.2) is 18.3 Å². The van der Waals surface area contributed by atoms with Gasteiger partial charge in [-0.1, -0.05) is 35.9 Å². The van der Waals surface area contributed by atoms with E-state index >= 15 is 0 Å². The number of hydrogen-bond acceptors (Lipinski definition) is 10. The number of ether oxygens (including phenoxy) is 6. The van der Waals surface area contributed by atoms with Gasteiger partial charge in [0.05, 0.1) is 6.10 Å². The molecule has 5 rings (SSSR count). The highest BCUT2D eigenvalue weighted by atomic mass is 35.5. The second kappa shape index (κ2) is 13.6. The van der Waals surface area contributed by atoms with Gasteiger partial charge in [-0.05, 0) is 72.4 Å². The Kier molecular flexibility index (Phi) is 9.80. The Morgan fingerprint density at radius 1 is 0.773 bits per heavy atom. The van der Waals surface area contributed by atoms with Gasteiger partial charge in [-0.3, -0.25) is 19.2 Å². The molecule has 3 fully saturated rings. The van der Waals surface area contributed by atoms with E-state index in [1.54, 1.807) is 12.1 Å². The quantitative estimate of drug-likeness (QED) is 0.265. The maximum absolute atomic E-state index is 12.2. The third-order valence-corrected chi connectivity index (χ3v) is 8.58. The van der Waals surface area contributed by atoms with E-state index in [1.165, 1.54) is 34.1 Å². The lowest BCUT2D eigenvalue weighted by atomic mass is 9.89. The maximum atomic E-state index is 12.2. The first-order chi connectivity index (χ1) is 21.0. The van der Waals surface area contributed by atoms with Crippen LogP contribution in [0.25, 0.3) is 0 Å². The van der Waals surface area contributed by atoms with Crippen LogP contribution in [0.5, 0.6) is 5.75 Å². The van der Waals surface area contributed by atoms with Crippen molar-refractivity contribution >= 4 is 35.5 Å². The molecule has 0 radical (unpaired) electrons. The van der Waals surface area contributed by atoms with E-state index in [9.17, 15) is 19.2 Å².